The number of rotatable bonds is 4. The van der Waals surface area contributed by atoms with Crippen LogP contribution in [0.25, 0.3) is 0 Å². The van der Waals surface area contributed by atoms with Crippen molar-refractivity contribution in [1.82, 2.24) is 10.3 Å². The Kier molecular flexibility index (Phi) is 5.87. The van der Waals surface area contributed by atoms with Crippen LogP contribution >= 0.6 is 12.2 Å². The van der Waals surface area contributed by atoms with Gasteiger partial charge in [0.1, 0.15) is 5.82 Å². The molecule has 1 saturated heterocycles. The highest BCUT2D eigenvalue weighted by Gasteiger charge is 2.22. The van der Waals surface area contributed by atoms with Crippen molar-refractivity contribution in [2.45, 2.75) is 26.8 Å². The molecule has 25 heavy (non-hydrogen) atoms. The lowest BCUT2D eigenvalue weighted by Crippen LogP contribution is -2.39. The Morgan fingerprint density at radius 1 is 1.12 bits per heavy atom. The predicted molar refractivity (Wildman–Crippen MR) is 109 cm³/mol. The van der Waals surface area contributed by atoms with Crippen LogP contribution in [-0.4, -0.2) is 23.2 Å². The molecule has 132 valence electrons. The largest absolute Gasteiger partial charge is 0.358 e. The third kappa shape index (κ3) is 5.16. The van der Waals surface area contributed by atoms with Gasteiger partial charge in [-0.25, -0.2) is 4.98 Å². The molecule has 0 spiro atoms. The van der Waals surface area contributed by atoms with E-state index in [4.69, 9.17) is 12.2 Å². The van der Waals surface area contributed by atoms with E-state index in [9.17, 15) is 0 Å². The third-order valence-corrected chi connectivity index (χ3v) is 4.74. The molecule has 1 fully saturated rings. The van der Waals surface area contributed by atoms with Crippen molar-refractivity contribution >= 4 is 28.8 Å². The SMILES string of the molecule is C[C@@H]1C[C@H](C)CN(c2ccc(NC(=S)NCc3ccccc3)cn2)C1. The van der Waals surface area contributed by atoms with Crippen LogP contribution in [0.4, 0.5) is 11.5 Å². The first kappa shape index (κ1) is 17.7. The first-order valence-electron chi connectivity index (χ1n) is 8.90. The lowest BCUT2D eigenvalue weighted by atomic mass is 9.92. The summed E-state index contributed by atoms with van der Waals surface area (Å²) in [5.41, 5.74) is 2.11. The minimum Gasteiger partial charge on any atom is -0.358 e. The number of aromatic nitrogens is 1. The van der Waals surface area contributed by atoms with Crippen LogP contribution < -0.4 is 15.5 Å². The number of anilines is 2. The van der Waals surface area contributed by atoms with Gasteiger partial charge in [0.2, 0.25) is 0 Å². The van der Waals surface area contributed by atoms with E-state index < -0.39 is 0 Å². The van der Waals surface area contributed by atoms with Crippen LogP contribution in [0.5, 0.6) is 0 Å². The molecule has 1 aliphatic heterocycles. The molecule has 1 aromatic heterocycles. The van der Waals surface area contributed by atoms with Gasteiger partial charge >= 0.3 is 0 Å². The van der Waals surface area contributed by atoms with Gasteiger partial charge in [-0.2, -0.15) is 0 Å². The van der Waals surface area contributed by atoms with E-state index in [-0.39, 0.29) is 0 Å². The lowest BCUT2D eigenvalue weighted by Gasteiger charge is -2.35. The van der Waals surface area contributed by atoms with Crippen LogP contribution in [0.15, 0.2) is 48.7 Å². The zero-order chi connectivity index (χ0) is 17.6. The summed E-state index contributed by atoms with van der Waals surface area (Å²) < 4.78 is 0. The van der Waals surface area contributed by atoms with E-state index in [1.165, 1.54) is 12.0 Å². The van der Waals surface area contributed by atoms with E-state index in [1.807, 2.05) is 30.5 Å². The molecule has 0 saturated carbocycles. The van der Waals surface area contributed by atoms with Gasteiger partial charge in [-0.3, -0.25) is 0 Å². The number of hydrogen-bond donors (Lipinski definition) is 2. The van der Waals surface area contributed by atoms with Crippen LogP contribution in [0.1, 0.15) is 25.8 Å². The third-order valence-electron chi connectivity index (χ3n) is 4.49. The Labute approximate surface area is 155 Å². The van der Waals surface area contributed by atoms with Crippen molar-refractivity contribution in [3.63, 3.8) is 0 Å². The number of nitrogens with one attached hydrogen (secondary N) is 2. The van der Waals surface area contributed by atoms with Gasteiger partial charge in [-0.1, -0.05) is 44.2 Å². The molecular weight excluding hydrogens is 328 g/mol. The molecule has 3 rings (SSSR count). The fourth-order valence-corrected chi connectivity index (χ4v) is 3.64. The van der Waals surface area contributed by atoms with Gasteiger partial charge in [0.05, 0.1) is 11.9 Å². The van der Waals surface area contributed by atoms with E-state index in [1.54, 1.807) is 0 Å². The van der Waals surface area contributed by atoms with Gasteiger partial charge in [0, 0.05) is 19.6 Å². The van der Waals surface area contributed by atoms with Crippen LogP contribution in [0.3, 0.4) is 0 Å². The average Bonchev–Trinajstić information content (AvgIpc) is 2.61. The maximum atomic E-state index is 5.36. The summed E-state index contributed by atoms with van der Waals surface area (Å²) >= 11 is 5.36. The van der Waals surface area contributed by atoms with Gasteiger partial charge in [0.15, 0.2) is 5.11 Å². The van der Waals surface area contributed by atoms with Crippen molar-refractivity contribution in [1.29, 1.82) is 0 Å². The maximum Gasteiger partial charge on any atom is 0.171 e. The van der Waals surface area contributed by atoms with Gasteiger partial charge in [-0.05, 0) is 48.2 Å². The number of thiocarbonyl (C=S) groups is 1. The second kappa shape index (κ2) is 8.30. The number of pyridine rings is 1. The molecule has 0 amide bonds. The molecule has 0 unspecified atom stereocenters. The molecule has 0 bridgehead atoms. The predicted octanol–water partition coefficient (Wildman–Crippen LogP) is 4.05. The zero-order valence-electron chi connectivity index (χ0n) is 14.9. The van der Waals surface area contributed by atoms with Crippen molar-refractivity contribution in [2.24, 2.45) is 11.8 Å². The number of hydrogen-bond acceptors (Lipinski definition) is 3. The molecule has 1 aromatic carbocycles. The Balaban J connectivity index is 1.52. The summed E-state index contributed by atoms with van der Waals surface area (Å²) in [6.45, 7) is 7.51. The number of benzene rings is 1. The standard InChI is InChI=1S/C20H26N4S/c1-15-10-16(2)14-24(13-15)19-9-8-18(12-21-19)23-20(25)22-11-17-6-4-3-5-7-17/h3-9,12,15-16H,10-11,13-14H2,1-2H3,(H2,22,23,25)/t15-,16+. The molecule has 5 heteroatoms. The molecule has 1 aliphatic rings. The highest BCUT2D eigenvalue weighted by atomic mass is 32.1. The molecule has 2 N–H and O–H groups in total. The molecule has 2 aromatic rings. The van der Waals surface area contributed by atoms with E-state index in [0.29, 0.717) is 11.7 Å². The van der Waals surface area contributed by atoms with E-state index >= 15 is 0 Å². The summed E-state index contributed by atoms with van der Waals surface area (Å²) in [4.78, 5) is 7.00. The van der Waals surface area contributed by atoms with Gasteiger partial charge in [0.25, 0.3) is 0 Å². The summed E-state index contributed by atoms with van der Waals surface area (Å²) in [6.07, 6.45) is 3.16. The quantitative estimate of drug-likeness (QED) is 0.811. The molecule has 2 atom stereocenters. The topological polar surface area (TPSA) is 40.2 Å². The first-order valence-corrected chi connectivity index (χ1v) is 9.31. The minimum atomic E-state index is 0.610. The normalized spacial score (nSPS) is 20.2. The highest BCUT2D eigenvalue weighted by Crippen LogP contribution is 2.25. The Bertz CT molecular complexity index is 677. The summed E-state index contributed by atoms with van der Waals surface area (Å²) in [5, 5.41) is 7.03. The molecule has 0 radical (unpaired) electrons. The van der Waals surface area contributed by atoms with Crippen LogP contribution in [0, 0.1) is 11.8 Å². The zero-order valence-corrected chi connectivity index (χ0v) is 15.7. The molecule has 2 heterocycles. The summed E-state index contributed by atoms with van der Waals surface area (Å²) in [5.74, 6) is 2.49. The Morgan fingerprint density at radius 2 is 1.84 bits per heavy atom. The lowest BCUT2D eigenvalue weighted by molar-refractivity contribution is 0.355. The monoisotopic (exact) mass is 354 g/mol. The van der Waals surface area contributed by atoms with E-state index in [0.717, 1.165) is 36.4 Å². The van der Waals surface area contributed by atoms with Crippen molar-refractivity contribution in [3.8, 4) is 0 Å². The Morgan fingerprint density at radius 3 is 2.48 bits per heavy atom. The molecular formula is C20H26N4S. The fraction of sp³-hybridized carbons (Fsp3) is 0.400. The van der Waals surface area contributed by atoms with Crippen LogP contribution in [-0.2, 0) is 6.54 Å². The van der Waals surface area contributed by atoms with Gasteiger partial charge < -0.3 is 15.5 Å². The molecule has 0 aliphatic carbocycles. The molecule has 4 nitrogen and oxygen atoms in total. The fourth-order valence-electron chi connectivity index (χ4n) is 3.45. The first-order chi connectivity index (χ1) is 12.1. The smallest absolute Gasteiger partial charge is 0.171 e. The summed E-state index contributed by atoms with van der Waals surface area (Å²) in [6, 6.07) is 14.3. The maximum absolute atomic E-state index is 5.36. The van der Waals surface area contributed by atoms with E-state index in [2.05, 4.69) is 52.6 Å². The highest BCUT2D eigenvalue weighted by molar-refractivity contribution is 7.80. The second-order valence-corrected chi connectivity index (χ2v) is 7.46. The summed E-state index contributed by atoms with van der Waals surface area (Å²) in [7, 11) is 0. The Hall–Kier alpha value is -2.14. The minimum absolute atomic E-state index is 0.610. The van der Waals surface area contributed by atoms with Crippen molar-refractivity contribution in [2.75, 3.05) is 23.3 Å². The number of piperidine rings is 1. The number of nitrogens with zero attached hydrogens (tertiary/aromatic N) is 2. The second-order valence-electron chi connectivity index (χ2n) is 7.05. The van der Waals surface area contributed by atoms with Crippen molar-refractivity contribution < 1.29 is 0 Å². The van der Waals surface area contributed by atoms with Gasteiger partial charge in [-0.15, -0.1) is 0 Å². The average molecular weight is 355 g/mol. The van der Waals surface area contributed by atoms with Crippen molar-refractivity contribution in [3.05, 3.63) is 54.2 Å². The van der Waals surface area contributed by atoms with Crippen LogP contribution in [0.2, 0.25) is 0 Å².